The van der Waals surface area contributed by atoms with Crippen molar-refractivity contribution in [3.8, 4) is 0 Å². The average Bonchev–Trinajstić information content (AvgIpc) is 2.85. The van der Waals surface area contributed by atoms with Crippen molar-refractivity contribution >= 4 is 11.9 Å². The van der Waals surface area contributed by atoms with Gasteiger partial charge < -0.3 is 14.6 Å². The van der Waals surface area contributed by atoms with Gasteiger partial charge in [0.15, 0.2) is 0 Å². The number of carbonyl (C=O) groups is 2. The first-order valence-electron chi connectivity index (χ1n) is 13.7. The van der Waals surface area contributed by atoms with Crippen LogP contribution in [0.4, 0.5) is 0 Å². The Balaban J connectivity index is 1.48. The van der Waals surface area contributed by atoms with Gasteiger partial charge >= 0.3 is 5.97 Å². The van der Waals surface area contributed by atoms with Gasteiger partial charge in [-0.1, -0.05) is 32.1 Å². The fourth-order valence-corrected chi connectivity index (χ4v) is 6.32. The molecule has 0 saturated heterocycles. The number of aromatic nitrogens is 1. The Labute approximate surface area is 203 Å². The molecule has 2 fully saturated rings. The normalized spacial score (nSPS) is 23.9. The third kappa shape index (κ3) is 6.11. The number of rotatable bonds is 6. The molecule has 0 aromatic carbocycles. The van der Waals surface area contributed by atoms with Crippen molar-refractivity contribution in [3.63, 3.8) is 0 Å². The molecular weight excluding hydrogens is 428 g/mol. The van der Waals surface area contributed by atoms with Crippen LogP contribution in [0.5, 0.6) is 0 Å². The van der Waals surface area contributed by atoms with Crippen LogP contribution >= 0.6 is 0 Å². The van der Waals surface area contributed by atoms with E-state index >= 15 is 0 Å². The Bertz CT molecular complexity index is 908. The van der Waals surface area contributed by atoms with E-state index in [1.807, 2.05) is 10.6 Å². The second kappa shape index (κ2) is 12.0. The average molecular weight is 471 g/mol. The lowest BCUT2D eigenvalue weighted by molar-refractivity contribution is -0.146. The monoisotopic (exact) mass is 470 g/mol. The lowest BCUT2D eigenvalue weighted by Gasteiger charge is -2.28. The fraction of sp³-hybridized carbons (Fsp3) is 0.750. The summed E-state index contributed by atoms with van der Waals surface area (Å²) in [4.78, 5) is 38.6. The van der Waals surface area contributed by atoms with Crippen molar-refractivity contribution in [1.82, 2.24) is 9.88 Å². The van der Waals surface area contributed by atoms with Gasteiger partial charge in [-0.3, -0.25) is 14.4 Å². The smallest absolute Gasteiger partial charge is 0.308 e. The summed E-state index contributed by atoms with van der Waals surface area (Å²) >= 11 is 0. The van der Waals surface area contributed by atoms with Gasteiger partial charge in [0.1, 0.15) is 5.56 Å². The summed E-state index contributed by atoms with van der Waals surface area (Å²) in [5.74, 6) is 0.518. The number of aryl methyl sites for hydroxylation is 1. The Kier molecular flexibility index (Phi) is 8.85. The van der Waals surface area contributed by atoms with Crippen LogP contribution < -0.4 is 10.9 Å². The van der Waals surface area contributed by atoms with Crippen LogP contribution in [0, 0.1) is 17.8 Å². The van der Waals surface area contributed by atoms with Gasteiger partial charge in [-0.05, 0) is 87.7 Å². The molecule has 1 aromatic rings. The van der Waals surface area contributed by atoms with Crippen LogP contribution in [0.1, 0.15) is 105 Å². The predicted octanol–water partition coefficient (Wildman–Crippen LogP) is 4.80. The minimum absolute atomic E-state index is 0.0161. The van der Waals surface area contributed by atoms with Gasteiger partial charge in [-0.25, -0.2) is 0 Å². The number of amides is 1. The Morgan fingerprint density at radius 3 is 2.29 bits per heavy atom. The molecule has 3 aliphatic rings. The van der Waals surface area contributed by atoms with Gasteiger partial charge in [-0.2, -0.15) is 0 Å². The summed E-state index contributed by atoms with van der Waals surface area (Å²) in [5, 5.41) is 3.06. The molecule has 1 N–H and O–H groups in total. The highest BCUT2D eigenvalue weighted by atomic mass is 16.5. The van der Waals surface area contributed by atoms with Gasteiger partial charge in [-0.15, -0.1) is 0 Å². The second-order valence-corrected chi connectivity index (χ2v) is 10.8. The number of hydrogen-bond donors (Lipinski definition) is 1. The maximum atomic E-state index is 13.6. The number of nitrogens with one attached hydrogen (secondary N) is 1. The Morgan fingerprint density at radius 2 is 1.59 bits per heavy atom. The fourth-order valence-electron chi connectivity index (χ4n) is 6.32. The minimum atomic E-state index is -0.234. The summed E-state index contributed by atoms with van der Waals surface area (Å²) in [7, 11) is 1.44. The molecular formula is C28H42N2O4. The molecule has 34 heavy (non-hydrogen) atoms. The summed E-state index contributed by atoms with van der Waals surface area (Å²) in [6.07, 6.45) is 16.2. The molecule has 3 aliphatic carbocycles. The highest BCUT2D eigenvalue weighted by Crippen LogP contribution is 2.30. The van der Waals surface area contributed by atoms with Gasteiger partial charge in [0, 0.05) is 18.8 Å². The molecule has 1 amide bonds. The lowest BCUT2D eigenvalue weighted by Crippen LogP contribution is -2.39. The van der Waals surface area contributed by atoms with E-state index in [9.17, 15) is 14.4 Å². The summed E-state index contributed by atoms with van der Waals surface area (Å²) in [6, 6.07) is 1.91. The molecule has 0 unspecified atom stereocenters. The van der Waals surface area contributed by atoms with Crippen LogP contribution in [0.25, 0.3) is 0 Å². The van der Waals surface area contributed by atoms with E-state index in [1.165, 1.54) is 63.3 Å². The van der Waals surface area contributed by atoms with E-state index in [0.29, 0.717) is 23.9 Å². The molecule has 0 atom stereocenters. The first-order valence-corrected chi connectivity index (χ1v) is 13.7. The SMILES string of the molecule is COC(=O)C1CCC(CNC(=O)c2cc3c(n(CC4CCCCC4)c2=O)CCCCCC3)CC1. The highest BCUT2D eigenvalue weighted by Gasteiger charge is 2.28. The number of pyridine rings is 1. The van der Waals surface area contributed by atoms with Crippen molar-refractivity contribution in [1.29, 1.82) is 0 Å². The lowest BCUT2D eigenvalue weighted by atomic mass is 9.82. The third-order valence-corrected chi connectivity index (χ3v) is 8.44. The predicted molar refractivity (Wildman–Crippen MR) is 133 cm³/mol. The second-order valence-electron chi connectivity index (χ2n) is 10.8. The number of fused-ring (bicyclic) bond motifs is 1. The molecule has 6 nitrogen and oxygen atoms in total. The van der Waals surface area contributed by atoms with Crippen molar-refractivity contribution in [2.45, 2.75) is 103 Å². The van der Waals surface area contributed by atoms with Crippen molar-refractivity contribution in [2.75, 3.05) is 13.7 Å². The zero-order valence-electron chi connectivity index (χ0n) is 20.9. The highest BCUT2D eigenvalue weighted by molar-refractivity contribution is 5.94. The van der Waals surface area contributed by atoms with Crippen LogP contribution in [0.3, 0.4) is 0 Å². The molecule has 0 aliphatic heterocycles. The van der Waals surface area contributed by atoms with Crippen molar-refractivity contribution in [3.05, 3.63) is 33.2 Å². The molecule has 1 heterocycles. The van der Waals surface area contributed by atoms with Crippen LogP contribution in [0.2, 0.25) is 0 Å². The number of nitrogens with zero attached hydrogens (tertiary/aromatic N) is 1. The summed E-state index contributed by atoms with van der Waals surface area (Å²) in [6.45, 7) is 1.33. The van der Waals surface area contributed by atoms with Crippen LogP contribution in [-0.2, 0) is 28.9 Å². The summed E-state index contributed by atoms with van der Waals surface area (Å²) in [5.41, 5.74) is 2.61. The number of ether oxygens (including phenoxy) is 1. The van der Waals surface area contributed by atoms with Crippen molar-refractivity contribution < 1.29 is 14.3 Å². The van der Waals surface area contributed by atoms with E-state index in [-0.39, 0.29) is 23.4 Å². The van der Waals surface area contributed by atoms with Crippen LogP contribution in [0.15, 0.2) is 10.9 Å². The molecule has 2 saturated carbocycles. The molecule has 188 valence electrons. The maximum Gasteiger partial charge on any atom is 0.308 e. The first-order chi connectivity index (χ1) is 16.6. The molecule has 0 spiro atoms. The first kappa shape index (κ1) is 25.0. The molecule has 0 radical (unpaired) electrons. The number of hydrogen-bond acceptors (Lipinski definition) is 4. The molecule has 1 aromatic heterocycles. The zero-order valence-corrected chi connectivity index (χ0v) is 20.9. The summed E-state index contributed by atoms with van der Waals surface area (Å²) < 4.78 is 6.87. The third-order valence-electron chi connectivity index (χ3n) is 8.44. The minimum Gasteiger partial charge on any atom is -0.469 e. The number of carbonyl (C=O) groups excluding carboxylic acids is 2. The van der Waals surface area contributed by atoms with E-state index < -0.39 is 0 Å². The standard InChI is InChI=1S/C28H42N2O4/c1-34-28(33)22-15-13-20(14-16-22)18-29-26(31)24-17-23-11-7-2-3-8-12-25(23)30(27(24)32)19-21-9-5-4-6-10-21/h17,20-22H,2-16,18-19H2,1H3,(H,29,31). The van der Waals surface area contributed by atoms with E-state index in [1.54, 1.807) is 0 Å². The maximum absolute atomic E-state index is 13.6. The zero-order chi connectivity index (χ0) is 23.9. The van der Waals surface area contributed by atoms with E-state index in [2.05, 4.69) is 5.32 Å². The van der Waals surface area contributed by atoms with Gasteiger partial charge in [0.25, 0.3) is 11.5 Å². The number of esters is 1. The van der Waals surface area contributed by atoms with Gasteiger partial charge in [0.2, 0.25) is 0 Å². The Hall–Kier alpha value is -2.11. The number of methoxy groups -OCH3 is 1. The molecule has 0 bridgehead atoms. The molecule has 4 rings (SSSR count). The van der Waals surface area contributed by atoms with Crippen molar-refractivity contribution in [2.24, 2.45) is 17.8 Å². The Morgan fingerprint density at radius 1 is 0.912 bits per heavy atom. The topological polar surface area (TPSA) is 77.4 Å². The van der Waals surface area contributed by atoms with Crippen LogP contribution in [-0.4, -0.2) is 30.1 Å². The van der Waals surface area contributed by atoms with Gasteiger partial charge in [0.05, 0.1) is 13.0 Å². The van der Waals surface area contributed by atoms with E-state index in [4.69, 9.17) is 4.74 Å². The quantitative estimate of drug-likeness (QED) is 0.606. The largest absolute Gasteiger partial charge is 0.469 e. The van der Waals surface area contributed by atoms with E-state index in [0.717, 1.165) is 57.9 Å². The molecule has 6 heteroatoms.